The van der Waals surface area contributed by atoms with Crippen LogP contribution in [0.15, 0.2) is 12.4 Å². The van der Waals surface area contributed by atoms with E-state index in [0.717, 1.165) is 17.0 Å². The van der Waals surface area contributed by atoms with Crippen molar-refractivity contribution in [2.24, 2.45) is 5.41 Å². The van der Waals surface area contributed by atoms with Gasteiger partial charge in [-0.25, -0.2) is 24.3 Å². The summed E-state index contributed by atoms with van der Waals surface area (Å²) in [6.07, 6.45) is 1.04. The van der Waals surface area contributed by atoms with E-state index in [-0.39, 0.29) is 37.3 Å². The lowest BCUT2D eigenvalue weighted by Gasteiger charge is -2.70. The third-order valence-electron chi connectivity index (χ3n) is 9.17. The van der Waals surface area contributed by atoms with Crippen LogP contribution in [0.2, 0.25) is 0 Å². The molecular weight excluding hydrogens is 488 g/mol. The summed E-state index contributed by atoms with van der Waals surface area (Å²) in [7, 11) is 0. The Morgan fingerprint density at radius 3 is 2.43 bits per heavy atom. The first-order valence-corrected chi connectivity index (χ1v) is 13.0. The molecule has 2 atom stereocenters. The van der Waals surface area contributed by atoms with Gasteiger partial charge in [0, 0.05) is 42.5 Å². The van der Waals surface area contributed by atoms with Crippen LogP contribution in [-0.2, 0) is 10.2 Å². The fourth-order valence-electron chi connectivity index (χ4n) is 6.74. The molecule has 8 rings (SSSR count). The minimum atomic E-state index is -4.19. The predicted molar refractivity (Wildman–Crippen MR) is 125 cm³/mol. The fourth-order valence-corrected chi connectivity index (χ4v) is 6.74. The average molecular weight is 517 g/mol. The molecule has 4 heterocycles. The van der Waals surface area contributed by atoms with Gasteiger partial charge in [0.2, 0.25) is 0 Å². The number of fused-ring (bicyclic) bond motifs is 1. The number of alkyl halides is 4. The van der Waals surface area contributed by atoms with Gasteiger partial charge in [-0.3, -0.25) is 4.68 Å². The summed E-state index contributed by atoms with van der Waals surface area (Å²) in [5, 5.41) is 4.43. The van der Waals surface area contributed by atoms with Gasteiger partial charge in [-0.1, -0.05) is 0 Å². The molecule has 3 aromatic heterocycles. The molecule has 37 heavy (non-hydrogen) atoms. The monoisotopic (exact) mass is 516 g/mol. The zero-order valence-corrected chi connectivity index (χ0v) is 20.7. The van der Waals surface area contributed by atoms with E-state index in [9.17, 15) is 17.6 Å². The van der Waals surface area contributed by atoms with Crippen molar-refractivity contribution in [2.45, 2.75) is 94.6 Å². The Kier molecular flexibility index (Phi) is 4.86. The highest BCUT2D eigenvalue weighted by atomic mass is 19.4. The molecule has 1 aliphatic heterocycles. The Balaban J connectivity index is 1.20. The maximum absolute atomic E-state index is 13.6. The van der Waals surface area contributed by atoms with E-state index in [0.29, 0.717) is 55.0 Å². The van der Waals surface area contributed by atoms with Crippen molar-refractivity contribution in [1.29, 1.82) is 0 Å². The van der Waals surface area contributed by atoms with Crippen LogP contribution in [0.3, 0.4) is 0 Å². The van der Waals surface area contributed by atoms with Gasteiger partial charge >= 0.3 is 6.18 Å². The molecule has 5 fully saturated rings. The molecule has 1 saturated heterocycles. The first-order chi connectivity index (χ1) is 17.6. The van der Waals surface area contributed by atoms with Gasteiger partial charge in [0.1, 0.15) is 17.5 Å². The molecule has 7 nitrogen and oxygen atoms in total. The van der Waals surface area contributed by atoms with E-state index in [4.69, 9.17) is 14.7 Å². The Labute approximate surface area is 211 Å². The number of hydrogen-bond acceptors (Lipinski definition) is 6. The molecule has 11 heteroatoms. The lowest BCUT2D eigenvalue weighted by Crippen LogP contribution is -2.70. The zero-order chi connectivity index (χ0) is 25.7. The average Bonchev–Trinajstić information content (AvgIpc) is 3.25. The van der Waals surface area contributed by atoms with Crippen LogP contribution >= 0.6 is 0 Å². The number of halogens is 4. The minimum absolute atomic E-state index is 0.0310. The SMILES string of the molecule is Cc1nc2nc([C@@H]3CCOC(c4cnn(C5CC(F)C5)c4)C3)nc(C34CC(C(F)(F)F)(C3)C4)c2nc1C. The van der Waals surface area contributed by atoms with Crippen molar-refractivity contribution in [2.75, 3.05) is 6.61 Å². The number of aromatic nitrogens is 6. The second-order valence-corrected chi connectivity index (χ2v) is 11.6. The van der Waals surface area contributed by atoms with Crippen molar-refractivity contribution in [3.63, 3.8) is 0 Å². The summed E-state index contributed by atoms with van der Waals surface area (Å²) >= 11 is 0. The van der Waals surface area contributed by atoms with E-state index < -0.39 is 23.2 Å². The normalized spacial score (nSPS) is 35.1. The van der Waals surface area contributed by atoms with Gasteiger partial charge in [0.05, 0.1) is 40.8 Å². The van der Waals surface area contributed by atoms with Crippen LogP contribution in [-0.4, -0.2) is 48.7 Å². The van der Waals surface area contributed by atoms with Crippen molar-refractivity contribution >= 4 is 11.2 Å². The Bertz CT molecular complexity index is 1380. The van der Waals surface area contributed by atoms with Crippen LogP contribution in [0, 0.1) is 19.3 Å². The van der Waals surface area contributed by atoms with Crippen LogP contribution in [0.4, 0.5) is 17.6 Å². The summed E-state index contributed by atoms with van der Waals surface area (Å²) in [6.45, 7) is 4.21. The number of nitrogens with zero attached hydrogens (tertiary/aromatic N) is 6. The van der Waals surface area contributed by atoms with Gasteiger partial charge in [-0.2, -0.15) is 18.3 Å². The number of hydrogen-bond donors (Lipinski definition) is 0. The van der Waals surface area contributed by atoms with Crippen molar-refractivity contribution in [1.82, 2.24) is 29.7 Å². The first kappa shape index (κ1) is 23.4. The quantitative estimate of drug-likeness (QED) is 0.425. The number of ether oxygens (including phenoxy) is 1. The Morgan fingerprint density at radius 1 is 1.00 bits per heavy atom. The van der Waals surface area contributed by atoms with Crippen molar-refractivity contribution in [3.05, 3.63) is 40.9 Å². The Hall–Kier alpha value is -2.69. The van der Waals surface area contributed by atoms with Crippen LogP contribution in [0.1, 0.15) is 91.5 Å². The van der Waals surface area contributed by atoms with E-state index in [1.807, 2.05) is 24.7 Å². The van der Waals surface area contributed by atoms with E-state index in [2.05, 4.69) is 15.1 Å². The van der Waals surface area contributed by atoms with Gasteiger partial charge in [0.25, 0.3) is 0 Å². The molecule has 4 saturated carbocycles. The fraction of sp³-hybridized carbons (Fsp3) is 0.654. The molecule has 0 N–H and O–H groups in total. The third kappa shape index (κ3) is 3.45. The summed E-state index contributed by atoms with van der Waals surface area (Å²) in [6, 6.07) is 0.0906. The molecule has 0 aromatic carbocycles. The van der Waals surface area contributed by atoms with Gasteiger partial charge in [-0.05, 0) is 46.0 Å². The van der Waals surface area contributed by atoms with E-state index >= 15 is 0 Å². The molecule has 5 aliphatic rings. The summed E-state index contributed by atoms with van der Waals surface area (Å²) in [5.41, 5.74) is 1.83. The topological polar surface area (TPSA) is 78.6 Å². The molecule has 4 aliphatic carbocycles. The molecule has 1 unspecified atom stereocenters. The maximum Gasteiger partial charge on any atom is 0.394 e. The lowest BCUT2D eigenvalue weighted by atomic mass is 9.34. The second-order valence-electron chi connectivity index (χ2n) is 11.6. The van der Waals surface area contributed by atoms with Gasteiger partial charge < -0.3 is 4.74 Å². The highest BCUT2D eigenvalue weighted by molar-refractivity contribution is 5.75. The van der Waals surface area contributed by atoms with E-state index in [1.165, 1.54) is 0 Å². The van der Waals surface area contributed by atoms with Gasteiger partial charge in [0.15, 0.2) is 5.65 Å². The molecule has 0 spiro atoms. The minimum Gasteiger partial charge on any atom is -0.373 e. The van der Waals surface area contributed by atoms with Crippen LogP contribution in [0.25, 0.3) is 11.2 Å². The van der Waals surface area contributed by atoms with Crippen molar-refractivity contribution in [3.8, 4) is 0 Å². The molecule has 0 radical (unpaired) electrons. The third-order valence-corrected chi connectivity index (χ3v) is 9.17. The van der Waals surface area contributed by atoms with Crippen molar-refractivity contribution < 1.29 is 22.3 Å². The molecule has 196 valence electrons. The Morgan fingerprint density at radius 2 is 1.73 bits per heavy atom. The predicted octanol–water partition coefficient (Wildman–Crippen LogP) is 5.53. The zero-order valence-electron chi connectivity index (χ0n) is 20.7. The maximum atomic E-state index is 13.6. The molecule has 3 aromatic rings. The number of rotatable bonds is 4. The summed E-state index contributed by atoms with van der Waals surface area (Å²) < 4.78 is 62.0. The van der Waals surface area contributed by atoms with E-state index in [1.54, 1.807) is 6.20 Å². The highest BCUT2D eigenvalue weighted by Gasteiger charge is 2.79. The first-order valence-electron chi connectivity index (χ1n) is 13.0. The standard InChI is InChI=1S/C26H28F4N6O/c1-13-14(2)33-23-20(32-13)21(24-10-25(11-24,12-24)26(28,29)30)34-22(35-23)15-3-4-37-19(5-15)16-8-31-36(9-16)18-6-17(27)7-18/h8-9,15,17-19H,3-7,10-12H2,1-2H3/t15-,17?,18?,19?,24?,25?/m1/s1. The molecule has 0 amide bonds. The largest absolute Gasteiger partial charge is 0.394 e. The van der Waals surface area contributed by atoms with Gasteiger partial charge in [-0.15, -0.1) is 0 Å². The number of aryl methyl sites for hydroxylation is 2. The molecule has 2 bridgehead atoms. The summed E-state index contributed by atoms with van der Waals surface area (Å²) in [5.74, 6) is 0.572. The smallest absolute Gasteiger partial charge is 0.373 e. The van der Waals surface area contributed by atoms with Crippen LogP contribution < -0.4 is 0 Å². The highest BCUT2D eigenvalue weighted by Crippen LogP contribution is 2.78. The summed E-state index contributed by atoms with van der Waals surface area (Å²) in [4.78, 5) is 19.1. The van der Waals surface area contributed by atoms with Crippen LogP contribution in [0.5, 0.6) is 0 Å². The lowest BCUT2D eigenvalue weighted by molar-refractivity contribution is -0.337. The second kappa shape index (κ2) is 7.68. The molecular formula is C26H28F4N6O.